The van der Waals surface area contributed by atoms with Crippen LogP contribution in [-0.2, 0) is 0 Å². The summed E-state index contributed by atoms with van der Waals surface area (Å²) in [6.45, 7) is 0. The molecule has 0 aliphatic heterocycles. The lowest BCUT2D eigenvalue weighted by Crippen LogP contribution is -2.14. The van der Waals surface area contributed by atoms with E-state index in [-0.39, 0.29) is 0 Å². The molecule has 4 nitrogen and oxygen atoms in total. The van der Waals surface area contributed by atoms with Gasteiger partial charge in [0.05, 0.1) is 0 Å². The van der Waals surface area contributed by atoms with Crippen LogP contribution in [-0.4, -0.2) is 0 Å². The summed E-state index contributed by atoms with van der Waals surface area (Å²) >= 11 is 0. The van der Waals surface area contributed by atoms with Crippen LogP contribution in [0.2, 0.25) is 0 Å². The van der Waals surface area contributed by atoms with E-state index in [0.29, 0.717) is 0 Å². The number of furan rings is 1. The lowest BCUT2D eigenvalue weighted by molar-refractivity contribution is 0.673. The van der Waals surface area contributed by atoms with Gasteiger partial charge in [-0.3, -0.25) is 0 Å². The fourth-order valence-electron chi connectivity index (χ4n) is 9.58. The zero-order valence-electron chi connectivity index (χ0n) is 36.1. The molecule has 12 rings (SSSR count). The molecule has 12 aromatic rings. The number of rotatable bonds is 10. The summed E-state index contributed by atoms with van der Waals surface area (Å²) in [6.07, 6.45) is 0. The fraction of sp³-hybridized carbons (Fsp3) is 0. The SMILES string of the molecule is c1ccc(-c2cc(N(c3ccccc3)c3ccccc3)cc(N(c3ccccc3)c3ccc(N(c4ccccc4)c4ccc5c6ccccc6c6oc7ccccc7c6c5c4)cc3)c2)cc1. The molecule has 1 heterocycles. The van der Waals surface area contributed by atoms with Gasteiger partial charge >= 0.3 is 0 Å². The maximum Gasteiger partial charge on any atom is 0.143 e. The van der Waals surface area contributed by atoms with Crippen molar-refractivity contribution >= 4 is 94.7 Å². The Balaban J connectivity index is 1.03. The third-order valence-corrected chi connectivity index (χ3v) is 12.5. The number of anilines is 9. The summed E-state index contributed by atoms with van der Waals surface area (Å²) in [4.78, 5) is 7.06. The molecule has 0 saturated carbocycles. The van der Waals surface area contributed by atoms with Crippen LogP contribution in [0.1, 0.15) is 0 Å². The van der Waals surface area contributed by atoms with Gasteiger partial charge in [-0.25, -0.2) is 0 Å². The summed E-state index contributed by atoms with van der Waals surface area (Å²) in [5.41, 5.74) is 13.6. The Morgan fingerprint density at radius 1 is 0.227 bits per heavy atom. The minimum Gasteiger partial charge on any atom is -0.455 e. The van der Waals surface area contributed by atoms with Crippen LogP contribution >= 0.6 is 0 Å². The molecule has 0 unspecified atom stereocenters. The molecule has 66 heavy (non-hydrogen) atoms. The second-order valence-electron chi connectivity index (χ2n) is 16.5. The van der Waals surface area contributed by atoms with Gasteiger partial charge in [0.2, 0.25) is 0 Å². The van der Waals surface area contributed by atoms with Crippen molar-refractivity contribution < 1.29 is 4.42 Å². The largest absolute Gasteiger partial charge is 0.455 e. The molecule has 0 radical (unpaired) electrons. The van der Waals surface area contributed by atoms with E-state index >= 15 is 0 Å². The molecule has 312 valence electrons. The van der Waals surface area contributed by atoms with Crippen molar-refractivity contribution in [2.24, 2.45) is 0 Å². The first-order chi connectivity index (χ1) is 32.7. The molecule has 0 aliphatic carbocycles. The van der Waals surface area contributed by atoms with Gasteiger partial charge in [0, 0.05) is 67.3 Å². The molecule has 0 bridgehead atoms. The van der Waals surface area contributed by atoms with Crippen LogP contribution in [0.25, 0.3) is 54.6 Å². The average Bonchev–Trinajstić information content (AvgIpc) is 3.79. The minimum atomic E-state index is 0.892. The summed E-state index contributed by atoms with van der Waals surface area (Å²) in [5.74, 6) is 0. The fourth-order valence-corrected chi connectivity index (χ4v) is 9.58. The quantitative estimate of drug-likeness (QED) is 0.128. The van der Waals surface area contributed by atoms with Crippen LogP contribution in [0.4, 0.5) is 51.2 Å². The van der Waals surface area contributed by atoms with Gasteiger partial charge in [-0.05, 0) is 136 Å². The topological polar surface area (TPSA) is 22.9 Å². The molecule has 0 N–H and O–H groups in total. The predicted octanol–water partition coefficient (Wildman–Crippen LogP) is 18.0. The maximum absolute atomic E-state index is 6.63. The first-order valence-electron chi connectivity index (χ1n) is 22.4. The third kappa shape index (κ3) is 6.98. The van der Waals surface area contributed by atoms with Gasteiger partial charge in [-0.2, -0.15) is 0 Å². The number of para-hydroxylation sites is 5. The normalized spacial score (nSPS) is 11.3. The Morgan fingerprint density at radius 2 is 0.606 bits per heavy atom. The van der Waals surface area contributed by atoms with E-state index in [1.54, 1.807) is 0 Å². The summed E-state index contributed by atoms with van der Waals surface area (Å²) in [6, 6.07) is 92.9. The Bertz CT molecular complexity index is 3590. The van der Waals surface area contributed by atoms with E-state index in [9.17, 15) is 0 Å². The summed E-state index contributed by atoms with van der Waals surface area (Å²) < 4.78 is 6.63. The van der Waals surface area contributed by atoms with E-state index in [1.165, 1.54) is 10.8 Å². The van der Waals surface area contributed by atoms with Crippen LogP contribution in [0.3, 0.4) is 0 Å². The standard InChI is InChI=1S/C62H43N3O/c1-6-20-44(21-7-1)45-40-53(64(47-24-10-3-11-25-47)48-26-12-4-13-27-48)42-54(41-45)65(49-28-14-5-15-29-49)51-36-34-50(35-37-51)63(46-22-8-2-9-23-46)52-38-39-56-55-30-16-17-31-57(55)62-61(59(56)43-52)58-32-18-19-33-60(58)66-62/h1-43H. The lowest BCUT2D eigenvalue weighted by Gasteiger charge is -2.31. The van der Waals surface area contributed by atoms with Crippen molar-refractivity contribution in [2.45, 2.75) is 0 Å². The predicted molar refractivity (Wildman–Crippen MR) is 278 cm³/mol. The highest BCUT2D eigenvalue weighted by Crippen LogP contribution is 2.46. The van der Waals surface area contributed by atoms with E-state index in [0.717, 1.165) is 95.0 Å². The average molecular weight is 846 g/mol. The molecule has 0 atom stereocenters. The van der Waals surface area contributed by atoms with Crippen LogP contribution in [0.15, 0.2) is 265 Å². The maximum atomic E-state index is 6.63. The molecule has 11 aromatic carbocycles. The molecule has 1 aromatic heterocycles. The highest BCUT2D eigenvalue weighted by molar-refractivity contribution is 6.30. The van der Waals surface area contributed by atoms with Crippen molar-refractivity contribution in [3.8, 4) is 11.1 Å². The van der Waals surface area contributed by atoms with Gasteiger partial charge < -0.3 is 19.1 Å². The van der Waals surface area contributed by atoms with Gasteiger partial charge in [0.1, 0.15) is 11.2 Å². The van der Waals surface area contributed by atoms with E-state index in [4.69, 9.17) is 4.42 Å². The number of nitrogens with zero attached hydrogens (tertiary/aromatic N) is 3. The minimum absolute atomic E-state index is 0.892. The molecule has 0 saturated heterocycles. The number of fused-ring (bicyclic) bond motifs is 8. The van der Waals surface area contributed by atoms with Gasteiger partial charge in [0.15, 0.2) is 0 Å². The van der Waals surface area contributed by atoms with Crippen molar-refractivity contribution in [3.63, 3.8) is 0 Å². The molecular weight excluding hydrogens is 803 g/mol. The molecule has 0 aliphatic rings. The van der Waals surface area contributed by atoms with E-state index in [1.807, 2.05) is 6.07 Å². The van der Waals surface area contributed by atoms with E-state index < -0.39 is 0 Å². The first-order valence-corrected chi connectivity index (χ1v) is 22.4. The Labute approximate surface area is 384 Å². The van der Waals surface area contributed by atoms with E-state index in [2.05, 4.69) is 269 Å². The first kappa shape index (κ1) is 38.8. The highest BCUT2D eigenvalue weighted by Gasteiger charge is 2.22. The van der Waals surface area contributed by atoms with Gasteiger partial charge in [-0.1, -0.05) is 152 Å². The number of hydrogen-bond acceptors (Lipinski definition) is 4. The monoisotopic (exact) mass is 845 g/mol. The molecular formula is C62H43N3O. The summed E-state index contributed by atoms with van der Waals surface area (Å²) in [7, 11) is 0. The molecule has 0 fully saturated rings. The van der Waals surface area contributed by atoms with Crippen molar-refractivity contribution in [1.29, 1.82) is 0 Å². The third-order valence-electron chi connectivity index (χ3n) is 12.5. The van der Waals surface area contributed by atoms with Crippen LogP contribution in [0, 0.1) is 0 Å². The number of benzene rings is 11. The Morgan fingerprint density at radius 3 is 1.12 bits per heavy atom. The zero-order chi connectivity index (χ0) is 43.8. The Kier molecular flexibility index (Phi) is 9.81. The smallest absolute Gasteiger partial charge is 0.143 e. The van der Waals surface area contributed by atoms with Crippen molar-refractivity contribution in [3.05, 3.63) is 261 Å². The number of hydrogen-bond donors (Lipinski definition) is 0. The van der Waals surface area contributed by atoms with Crippen LogP contribution < -0.4 is 14.7 Å². The lowest BCUT2D eigenvalue weighted by atomic mass is 9.96. The highest BCUT2D eigenvalue weighted by atomic mass is 16.3. The Hall–Kier alpha value is -8.86. The summed E-state index contributed by atoms with van der Waals surface area (Å²) in [5, 5.41) is 6.91. The second-order valence-corrected chi connectivity index (χ2v) is 16.5. The molecule has 4 heteroatoms. The second kappa shape index (κ2) is 16.7. The molecule has 0 spiro atoms. The van der Waals surface area contributed by atoms with Gasteiger partial charge in [0.25, 0.3) is 0 Å². The zero-order valence-corrected chi connectivity index (χ0v) is 36.1. The van der Waals surface area contributed by atoms with Crippen molar-refractivity contribution in [2.75, 3.05) is 14.7 Å². The molecule has 0 amide bonds. The van der Waals surface area contributed by atoms with Crippen LogP contribution in [0.5, 0.6) is 0 Å². The van der Waals surface area contributed by atoms with Crippen molar-refractivity contribution in [1.82, 2.24) is 0 Å². The van der Waals surface area contributed by atoms with Gasteiger partial charge in [-0.15, -0.1) is 0 Å².